The number of ether oxygens (including phenoxy) is 2. The van der Waals surface area contributed by atoms with Crippen molar-refractivity contribution in [2.75, 3.05) is 14.2 Å². The number of nitrogens with zero attached hydrogens (tertiary/aromatic N) is 2. The number of aromatic nitrogens is 1. The molecule has 0 atom stereocenters. The molecule has 0 saturated carbocycles. The molecule has 2 aromatic carbocycles. The third-order valence-corrected chi connectivity index (χ3v) is 4.55. The number of aliphatic imine (C=N–C) groups is 1. The third-order valence-electron chi connectivity index (χ3n) is 4.55. The van der Waals surface area contributed by atoms with Crippen molar-refractivity contribution in [2.45, 2.75) is 12.8 Å². The monoisotopic (exact) mass is 362 g/mol. The smallest absolute Gasteiger partial charge is 0.337 e. The average Bonchev–Trinajstić information content (AvgIpc) is 3.36. The number of benzene rings is 2. The first-order valence-electron chi connectivity index (χ1n) is 8.51. The number of oxazole rings is 1. The van der Waals surface area contributed by atoms with E-state index in [1.807, 2.05) is 30.3 Å². The van der Waals surface area contributed by atoms with Gasteiger partial charge in [-0.25, -0.2) is 9.78 Å². The second-order valence-corrected chi connectivity index (χ2v) is 6.27. The van der Waals surface area contributed by atoms with E-state index in [1.165, 1.54) is 13.5 Å². The van der Waals surface area contributed by atoms with E-state index in [2.05, 4.69) is 4.98 Å². The molecule has 0 amide bonds. The highest BCUT2D eigenvalue weighted by atomic mass is 16.5. The first kappa shape index (κ1) is 17.0. The molecular weight excluding hydrogens is 344 g/mol. The molecule has 0 aliphatic carbocycles. The fourth-order valence-electron chi connectivity index (χ4n) is 3.25. The Morgan fingerprint density at radius 3 is 2.81 bits per heavy atom. The van der Waals surface area contributed by atoms with Crippen LogP contribution in [0.4, 0.5) is 5.69 Å². The summed E-state index contributed by atoms with van der Waals surface area (Å²) in [6.07, 6.45) is 4.48. The van der Waals surface area contributed by atoms with E-state index in [4.69, 9.17) is 18.9 Å². The predicted octanol–water partition coefficient (Wildman–Crippen LogP) is 4.01. The maximum absolute atomic E-state index is 11.7. The molecule has 0 bridgehead atoms. The van der Waals surface area contributed by atoms with E-state index in [1.54, 1.807) is 19.4 Å². The highest BCUT2D eigenvalue weighted by Crippen LogP contribution is 2.32. The third kappa shape index (κ3) is 3.33. The minimum absolute atomic E-state index is 0.334. The second-order valence-electron chi connectivity index (χ2n) is 6.27. The lowest BCUT2D eigenvalue weighted by Crippen LogP contribution is -2.04. The molecule has 1 aromatic heterocycles. The van der Waals surface area contributed by atoms with Gasteiger partial charge in [0, 0.05) is 18.6 Å². The summed E-state index contributed by atoms with van der Waals surface area (Å²) in [6, 6.07) is 11.4. The lowest BCUT2D eigenvalue weighted by molar-refractivity contribution is 0.0600. The Hall–Kier alpha value is -3.41. The maximum Gasteiger partial charge on any atom is 0.337 e. The van der Waals surface area contributed by atoms with Crippen LogP contribution in [0.2, 0.25) is 0 Å². The highest BCUT2D eigenvalue weighted by molar-refractivity contribution is 5.97. The number of hydrogen-bond acceptors (Lipinski definition) is 6. The molecule has 4 rings (SSSR count). The molecule has 0 N–H and O–H groups in total. The molecule has 3 aromatic rings. The fourth-order valence-corrected chi connectivity index (χ4v) is 3.25. The van der Waals surface area contributed by atoms with Crippen LogP contribution in [0.1, 0.15) is 21.5 Å². The molecular formula is C21H18N2O4. The summed E-state index contributed by atoms with van der Waals surface area (Å²) in [7, 11) is 3.02. The number of carbonyl (C=O) groups is 1. The summed E-state index contributed by atoms with van der Waals surface area (Å²) >= 11 is 0. The van der Waals surface area contributed by atoms with Crippen molar-refractivity contribution in [3.8, 4) is 17.1 Å². The van der Waals surface area contributed by atoms with Crippen LogP contribution in [-0.4, -0.2) is 30.9 Å². The first-order chi connectivity index (χ1) is 13.2. The standard InChI is InChI=1S/C21H18N2O4/c1-25-19-8-13(3-5-17(19)20-11-22-12-27-20)7-16-10-15-9-14(21(24)26-2)4-6-18(15)23-16/h3-6,8-9,11-12H,7,10H2,1-2H3. The van der Waals surface area contributed by atoms with Gasteiger partial charge in [-0.3, -0.25) is 4.99 Å². The first-order valence-corrected chi connectivity index (χ1v) is 8.51. The number of hydrogen-bond donors (Lipinski definition) is 0. The van der Waals surface area contributed by atoms with Crippen LogP contribution >= 0.6 is 0 Å². The van der Waals surface area contributed by atoms with Crippen LogP contribution in [0.5, 0.6) is 5.75 Å². The Balaban J connectivity index is 1.54. The minimum atomic E-state index is -0.334. The molecule has 0 spiro atoms. The van der Waals surface area contributed by atoms with Crippen LogP contribution < -0.4 is 4.74 Å². The highest BCUT2D eigenvalue weighted by Gasteiger charge is 2.18. The minimum Gasteiger partial charge on any atom is -0.496 e. The topological polar surface area (TPSA) is 73.9 Å². The van der Waals surface area contributed by atoms with Gasteiger partial charge in [-0.1, -0.05) is 6.07 Å². The summed E-state index contributed by atoms with van der Waals surface area (Å²) in [5.74, 6) is 1.06. The summed E-state index contributed by atoms with van der Waals surface area (Å²) in [4.78, 5) is 20.4. The van der Waals surface area contributed by atoms with Crippen molar-refractivity contribution < 1.29 is 18.7 Å². The van der Waals surface area contributed by atoms with Gasteiger partial charge < -0.3 is 13.9 Å². The number of rotatable bonds is 5. The van der Waals surface area contributed by atoms with Crippen LogP contribution in [0, 0.1) is 0 Å². The molecule has 136 valence electrons. The molecule has 6 nitrogen and oxygen atoms in total. The maximum atomic E-state index is 11.7. The molecule has 0 saturated heterocycles. The lowest BCUT2D eigenvalue weighted by atomic mass is 10.0. The van der Waals surface area contributed by atoms with Crippen LogP contribution in [0.3, 0.4) is 0 Å². The Bertz CT molecular complexity index is 1020. The van der Waals surface area contributed by atoms with Gasteiger partial charge in [0.2, 0.25) is 0 Å². The number of esters is 1. The zero-order chi connectivity index (χ0) is 18.8. The Labute approximate surface area is 156 Å². The Morgan fingerprint density at radius 2 is 2.07 bits per heavy atom. The van der Waals surface area contributed by atoms with Gasteiger partial charge >= 0.3 is 5.97 Å². The molecule has 1 aliphatic heterocycles. The zero-order valence-corrected chi connectivity index (χ0v) is 15.1. The van der Waals surface area contributed by atoms with Crippen molar-refractivity contribution >= 4 is 17.4 Å². The van der Waals surface area contributed by atoms with Crippen molar-refractivity contribution in [1.82, 2.24) is 4.98 Å². The summed E-state index contributed by atoms with van der Waals surface area (Å²) < 4.78 is 15.7. The van der Waals surface area contributed by atoms with E-state index in [0.29, 0.717) is 24.2 Å². The van der Waals surface area contributed by atoms with Crippen molar-refractivity contribution in [3.05, 3.63) is 65.7 Å². The zero-order valence-electron chi connectivity index (χ0n) is 15.1. The molecule has 2 heterocycles. The van der Waals surface area contributed by atoms with Gasteiger partial charge in [-0.05, 0) is 41.5 Å². The van der Waals surface area contributed by atoms with Crippen molar-refractivity contribution in [2.24, 2.45) is 4.99 Å². The van der Waals surface area contributed by atoms with E-state index in [0.717, 1.165) is 33.8 Å². The average molecular weight is 362 g/mol. The van der Waals surface area contributed by atoms with Crippen molar-refractivity contribution in [1.29, 1.82) is 0 Å². The van der Waals surface area contributed by atoms with Crippen LogP contribution in [0.15, 0.2) is 58.4 Å². The van der Waals surface area contributed by atoms with E-state index < -0.39 is 0 Å². The summed E-state index contributed by atoms with van der Waals surface area (Å²) in [5.41, 5.74) is 5.49. The number of fused-ring (bicyclic) bond motifs is 1. The Morgan fingerprint density at radius 1 is 1.19 bits per heavy atom. The molecule has 1 aliphatic rings. The molecule has 27 heavy (non-hydrogen) atoms. The summed E-state index contributed by atoms with van der Waals surface area (Å²) in [6.45, 7) is 0. The van der Waals surface area contributed by atoms with Crippen LogP contribution in [-0.2, 0) is 17.6 Å². The SMILES string of the molecule is COC(=O)c1ccc2c(c1)CC(Cc1ccc(-c3cnco3)c(OC)c1)=N2. The van der Waals surface area contributed by atoms with E-state index in [9.17, 15) is 4.79 Å². The molecule has 0 fully saturated rings. The fraction of sp³-hybridized carbons (Fsp3) is 0.190. The summed E-state index contributed by atoms with van der Waals surface area (Å²) in [5, 5.41) is 0. The van der Waals surface area contributed by atoms with Crippen LogP contribution in [0.25, 0.3) is 11.3 Å². The largest absolute Gasteiger partial charge is 0.496 e. The van der Waals surface area contributed by atoms with Gasteiger partial charge in [0.05, 0.1) is 37.2 Å². The molecule has 0 unspecified atom stereocenters. The van der Waals surface area contributed by atoms with Gasteiger partial charge in [0.1, 0.15) is 5.75 Å². The van der Waals surface area contributed by atoms with E-state index >= 15 is 0 Å². The number of carbonyl (C=O) groups excluding carboxylic acids is 1. The van der Waals surface area contributed by atoms with Gasteiger partial charge in [0.25, 0.3) is 0 Å². The Kier molecular flexibility index (Phi) is 4.46. The quantitative estimate of drug-likeness (QED) is 0.641. The van der Waals surface area contributed by atoms with Gasteiger partial charge in [-0.2, -0.15) is 0 Å². The number of methoxy groups -OCH3 is 2. The van der Waals surface area contributed by atoms with E-state index in [-0.39, 0.29) is 5.97 Å². The predicted molar refractivity (Wildman–Crippen MR) is 101 cm³/mol. The van der Waals surface area contributed by atoms with Gasteiger partial charge in [0.15, 0.2) is 12.2 Å². The second kappa shape index (κ2) is 7.07. The lowest BCUT2D eigenvalue weighted by Gasteiger charge is -2.09. The van der Waals surface area contributed by atoms with Gasteiger partial charge in [-0.15, -0.1) is 0 Å². The molecule has 6 heteroatoms. The normalized spacial score (nSPS) is 12.4. The molecule has 0 radical (unpaired) electrons. The van der Waals surface area contributed by atoms with Crippen molar-refractivity contribution in [3.63, 3.8) is 0 Å².